The lowest BCUT2D eigenvalue weighted by Crippen LogP contribution is -2.22. The number of carbonyl (C=O) groups excluding carboxylic acids is 2. The summed E-state index contributed by atoms with van der Waals surface area (Å²) >= 11 is 0. The number of nitrogens with one attached hydrogen (secondary N) is 3. The molecule has 2 aromatic carbocycles. The third kappa shape index (κ3) is 7.22. The lowest BCUT2D eigenvalue weighted by atomic mass is 9.92. The minimum absolute atomic E-state index is 0.0622. The average Bonchev–Trinajstić information content (AvgIpc) is 3.33. The highest BCUT2D eigenvalue weighted by Gasteiger charge is 2.22. The highest BCUT2D eigenvalue weighted by molar-refractivity contribution is 5.99. The van der Waals surface area contributed by atoms with E-state index in [0.717, 1.165) is 28.1 Å². The minimum Gasteiger partial charge on any atom is -0.453 e. The van der Waals surface area contributed by atoms with Crippen LogP contribution < -0.4 is 16.0 Å². The van der Waals surface area contributed by atoms with E-state index in [4.69, 9.17) is 5.10 Å². The van der Waals surface area contributed by atoms with Gasteiger partial charge in [-0.05, 0) is 67.3 Å². The van der Waals surface area contributed by atoms with E-state index in [1.54, 1.807) is 29.1 Å². The van der Waals surface area contributed by atoms with Gasteiger partial charge >= 0.3 is 12.1 Å². The Kier molecular flexibility index (Phi) is 8.47. The van der Waals surface area contributed by atoms with Crippen molar-refractivity contribution in [2.75, 3.05) is 23.1 Å². The average molecular weight is 545 g/mol. The van der Waals surface area contributed by atoms with Crippen molar-refractivity contribution in [3.05, 3.63) is 95.1 Å². The third-order valence-corrected chi connectivity index (χ3v) is 6.22. The van der Waals surface area contributed by atoms with Gasteiger partial charge in [0.1, 0.15) is 17.5 Å². The van der Waals surface area contributed by atoms with Crippen LogP contribution in [0.2, 0.25) is 0 Å². The van der Waals surface area contributed by atoms with Crippen LogP contribution in [0.4, 0.5) is 31.3 Å². The van der Waals surface area contributed by atoms with Gasteiger partial charge in [-0.3, -0.25) is 10.6 Å². The first kappa shape index (κ1) is 28.3. The Labute approximate surface area is 232 Å². The molecule has 0 atom stereocenters. The summed E-state index contributed by atoms with van der Waals surface area (Å²) in [6.07, 6.45) is 2.14. The van der Waals surface area contributed by atoms with Crippen molar-refractivity contribution in [1.82, 2.24) is 14.8 Å². The second-order valence-electron chi connectivity index (χ2n) is 10.5. The Bertz CT molecular complexity index is 1510. The molecule has 2 aromatic heterocycles. The summed E-state index contributed by atoms with van der Waals surface area (Å²) in [6, 6.07) is 17.3. The summed E-state index contributed by atoms with van der Waals surface area (Å²) in [5.74, 6) is 0.305. The summed E-state index contributed by atoms with van der Waals surface area (Å²) in [4.78, 5) is 28.4. The summed E-state index contributed by atoms with van der Waals surface area (Å²) in [7, 11) is 1.28. The van der Waals surface area contributed by atoms with Crippen LogP contribution in [0.3, 0.4) is 0 Å². The molecule has 0 aliphatic rings. The number of urea groups is 1. The number of carbonyl (C=O) groups is 2. The maximum Gasteiger partial charge on any atom is 0.412 e. The molecule has 0 unspecified atom stereocenters. The lowest BCUT2D eigenvalue weighted by molar-refractivity contribution is 0.187. The molecule has 0 bridgehead atoms. The molecule has 0 fully saturated rings. The van der Waals surface area contributed by atoms with E-state index < -0.39 is 17.9 Å². The van der Waals surface area contributed by atoms with E-state index in [2.05, 4.69) is 25.7 Å². The molecule has 9 nitrogen and oxygen atoms in total. The van der Waals surface area contributed by atoms with Crippen LogP contribution >= 0.6 is 0 Å². The van der Waals surface area contributed by atoms with Crippen LogP contribution in [-0.2, 0) is 23.0 Å². The molecule has 0 aliphatic carbocycles. The Hall–Kier alpha value is -4.73. The Morgan fingerprint density at radius 1 is 0.925 bits per heavy atom. The van der Waals surface area contributed by atoms with Gasteiger partial charge in [-0.15, -0.1) is 0 Å². The molecular weight excluding hydrogens is 511 g/mol. The van der Waals surface area contributed by atoms with E-state index in [-0.39, 0.29) is 11.1 Å². The number of hydrogen-bond acceptors (Lipinski definition) is 5. The molecule has 0 radical (unpaired) electrons. The molecule has 3 N–H and O–H groups in total. The highest BCUT2D eigenvalue weighted by atomic mass is 19.1. The smallest absolute Gasteiger partial charge is 0.412 e. The van der Waals surface area contributed by atoms with Crippen LogP contribution in [0.5, 0.6) is 0 Å². The van der Waals surface area contributed by atoms with Crippen molar-refractivity contribution < 1.29 is 18.7 Å². The number of nitrogens with zero attached hydrogens (tertiary/aromatic N) is 3. The van der Waals surface area contributed by atoms with Crippen LogP contribution in [-0.4, -0.2) is 34.0 Å². The number of aryl methyl sites for hydroxylation is 3. The van der Waals surface area contributed by atoms with Crippen molar-refractivity contribution in [3.63, 3.8) is 0 Å². The second-order valence-corrected chi connectivity index (χ2v) is 10.5. The number of halogens is 1. The first-order valence-electron chi connectivity index (χ1n) is 12.9. The number of anilines is 3. The molecule has 208 valence electrons. The number of aromatic nitrogens is 3. The predicted octanol–water partition coefficient (Wildman–Crippen LogP) is 6.62. The van der Waals surface area contributed by atoms with Gasteiger partial charge < -0.3 is 10.1 Å². The number of rotatable bonds is 7. The van der Waals surface area contributed by atoms with Crippen molar-refractivity contribution in [1.29, 1.82) is 0 Å². The number of ether oxygens (including phenoxy) is 1. The molecule has 10 heteroatoms. The number of amides is 3. The second kappa shape index (κ2) is 12.0. The van der Waals surface area contributed by atoms with E-state index in [9.17, 15) is 14.0 Å². The summed E-state index contributed by atoms with van der Waals surface area (Å²) < 4.78 is 21.2. The SMILES string of the molecule is COC(=O)Nc1cc(CCc2ccc(NC(=O)Nc3cc(C(C)(C)C)nn3-c3ccc(C)cc3)c(F)c2)ccn1. The maximum absolute atomic E-state index is 14.9. The first-order valence-corrected chi connectivity index (χ1v) is 12.9. The summed E-state index contributed by atoms with van der Waals surface area (Å²) in [5.41, 5.74) is 4.22. The highest BCUT2D eigenvalue weighted by Crippen LogP contribution is 2.27. The van der Waals surface area contributed by atoms with Gasteiger partial charge in [0.05, 0.1) is 24.2 Å². The van der Waals surface area contributed by atoms with Crippen molar-refractivity contribution in [2.45, 2.75) is 46.0 Å². The third-order valence-electron chi connectivity index (χ3n) is 6.22. The van der Waals surface area contributed by atoms with Crippen molar-refractivity contribution in [2.24, 2.45) is 0 Å². The molecule has 4 rings (SSSR count). The van der Waals surface area contributed by atoms with E-state index in [1.165, 1.54) is 13.2 Å². The standard InChI is InChI=1S/C30H33FN6O3/c1-19-6-11-22(12-7-19)37-27(18-25(36-37)30(2,3)4)35-28(38)33-24-13-10-20(16-23(24)31)8-9-21-14-15-32-26(17-21)34-29(39)40-5/h6-7,10-18H,8-9H2,1-5H3,(H,32,34,39)(H2,33,35,38). The fourth-order valence-electron chi connectivity index (χ4n) is 3.95. The van der Waals surface area contributed by atoms with Crippen LogP contribution in [0, 0.1) is 12.7 Å². The van der Waals surface area contributed by atoms with E-state index in [1.807, 2.05) is 64.1 Å². The molecule has 0 saturated carbocycles. The quantitative estimate of drug-likeness (QED) is 0.242. The minimum atomic E-state index is -0.604. The fourth-order valence-corrected chi connectivity index (χ4v) is 3.95. The van der Waals surface area contributed by atoms with Gasteiger partial charge in [-0.1, -0.05) is 44.5 Å². The topological polar surface area (TPSA) is 110 Å². The Morgan fingerprint density at radius 3 is 2.27 bits per heavy atom. The molecule has 2 heterocycles. The zero-order chi connectivity index (χ0) is 28.9. The summed E-state index contributed by atoms with van der Waals surface area (Å²) in [5, 5.41) is 12.6. The van der Waals surface area contributed by atoms with Gasteiger partial charge in [0, 0.05) is 17.7 Å². The molecule has 40 heavy (non-hydrogen) atoms. The fraction of sp³-hybridized carbons (Fsp3) is 0.267. The van der Waals surface area contributed by atoms with Gasteiger partial charge in [0.15, 0.2) is 0 Å². The van der Waals surface area contributed by atoms with Crippen LogP contribution in [0.25, 0.3) is 5.69 Å². The Balaban J connectivity index is 1.43. The van der Waals surface area contributed by atoms with E-state index >= 15 is 0 Å². The van der Waals surface area contributed by atoms with Gasteiger partial charge in [0.2, 0.25) is 0 Å². The van der Waals surface area contributed by atoms with E-state index in [0.29, 0.717) is 24.5 Å². The normalized spacial score (nSPS) is 11.2. The number of methoxy groups -OCH3 is 1. The van der Waals surface area contributed by atoms with Crippen molar-refractivity contribution >= 4 is 29.4 Å². The number of hydrogen-bond donors (Lipinski definition) is 3. The Morgan fingerprint density at radius 2 is 1.62 bits per heavy atom. The van der Waals surface area contributed by atoms with Crippen LogP contribution in [0.1, 0.15) is 43.2 Å². The zero-order valence-electron chi connectivity index (χ0n) is 23.2. The lowest BCUT2D eigenvalue weighted by Gasteiger charge is -2.14. The molecule has 3 amide bonds. The molecular formula is C30H33FN6O3. The molecule has 4 aromatic rings. The zero-order valence-corrected chi connectivity index (χ0v) is 23.2. The van der Waals surface area contributed by atoms with Gasteiger partial charge in [-0.2, -0.15) is 5.10 Å². The van der Waals surface area contributed by atoms with Gasteiger partial charge in [-0.25, -0.2) is 23.6 Å². The largest absolute Gasteiger partial charge is 0.453 e. The van der Waals surface area contributed by atoms with Crippen molar-refractivity contribution in [3.8, 4) is 5.69 Å². The van der Waals surface area contributed by atoms with Crippen LogP contribution in [0.15, 0.2) is 66.9 Å². The predicted molar refractivity (Wildman–Crippen MR) is 154 cm³/mol. The molecule has 0 aliphatic heterocycles. The summed E-state index contributed by atoms with van der Waals surface area (Å²) in [6.45, 7) is 8.13. The number of benzene rings is 2. The van der Waals surface area contributed by atoms with Gasteiger partial charge in [0.25, 0.3) is 0 Å². The monoisotopic (exact) mass is 544 g/mol. The molecule has 0 spiro atoms. The maximum atomic E-state index is 14.9. The molecule has 0 saturated heterocycles. The number of pyridine rings is 1. The first-order chi connectivity index (χ1) is 19.0.